The number of ether oxygens (including phenoxy) is 1. The molecule has 0 radical (unpaired) electrons. The molecule has 3 aromatic rings. The van der Waals surface area contributed by atoms with Gasteiger partial charge in [0.2, 0.25) is 5.91 Å². The zero-order chi connectivity index (χ0) is 22.0. The van der Waals surface area contributed by atoms with Crippen molar-refractivity contribution in [2.24, 2.45) is 5.92 Å². The lowest BCUT2D eigenvalue weighted by Gasteiger charge is -2.26. The zero-order valence-corrected chi connectivity index (χ0v) is 19.2. The van der Waals surface area contributed by atoms with Crippen LogP contribution in [0.4, 0.5) is 5.69 Å². The van der Waals surface area contributed by atoms with Crippen LogP contribution in [0.25, 0.3) is 10.2 Å². The van der Waals surface area contributed by atoms with Gasteiger partial charge in [0.1, 0.15) is 4.83 Å². The first-order chi connectivity index (χ1) is 15.0. The van der Waals surface area contributed by atoms with E-state index >= 15 is 0 Å². The van der Waals surface area contributed by atoms with Crippen LogP contribution in [0.3, 0.4) is 0 Å². The smallest absolute Gasteiger partial charge is 0.263 e. The summed E-state index contributed by atoms with van der Waals surface area (Å²) < 4.78 is 7.59. The van der Waals surface area contributed by atoms with Gasteiger partial charge in [-0.15, -0.1) is 17.9 Å². The van der Waals surface area contributed by atoms with Gasteiger partial charge in [0, 0.05) is 23.5 Å². The Morgan fingerprint density at radius 1 is 1.42 bits per heavy atom. The predicted molar refractivity (Wildman–Crippen MR) is 127 cm³/mol. The third-order valence-corrected chi connectivity index (χ3v) is 7.31. The molecule has 31 heavy (non-hydrogen) atoms. The summed E-state index contributed by atoms with van der Waals surface area (Å²) in [5.41, 5.74) is 1.74. The van der Waals surface area contributed by atoms with E-state index in [9.17, 15) is 9.59 Å². The molecule has 1 N–H and O–H groups in total. The summed E-state index contributed by atoms with van der Waals surface area (Å²) in [6.07, 6.45) is 2.51. The topological polar surface area (TPSA) is 73.2 Å². The maximum atomic E-state index is 13.4. The van der Waals surface area contributed by atoms with Gasteiger partial charge < -0.3 is 10.1 Å². The van der Waals surface area contributed by atoms with E-state index in [2.05, 4.69) is 25.7 Å². The Labute approximate surface area is 189 Å². The maximum Gasteiger partial charge on any atom is 0.263 e. The molecule has 1 atom stereocenters. The number of hydrogen-bond donors (Lipinski definition) is 1. The monoisotopic (exact) mass is 455 g/mol. The fraction of sp³-hybridized carbons (Fsp3) is 0.348. The third kappa shape index (κ3) is 4.61. The van der Waals surface area contributed by atoms with Crippen LogP contribution in [0.5, 0.6) is 0 Å². The lowest BCUT2D eigenvalue weighted by atomic mass is 9.96. The molecule has 6 nitrogen and oxygen atoms in total. The van der Waals surface area contributed by atoms with Crippen LogP contribution in [0.15, 0.2) is 52.9 Å². The number of allylic oxidation sites excluding steroid dienone is 1. The molecule has 1 aliphatic rings. The minimum atomic E-state index is -0.144. The first kappa shape index (κ1) is 21.8. The second kappa shape index (κ2) is 9.38. The summed E-state index contributed by atoms with van der Waals surface area (Å²) in [5.74, 6) is 0.395. The Bertz CT molecular complexity index is 1170. The Kier molecular flexibility index (Phi) is 6.60. The normalized spacial score (nSPS) is 15.8. The second-order valence-electron chi connectivity index (χ2n) is 7.78. The molecule has 8 heteroatoms. The van der Waals surface area contributed by atoms with E-state index in [0.29, 0.717) is 34.4 Å². The average molecular weight is 456 g/mol. The number of thioether (sulfide) groups is 1. The van der Waals surface area contributed by atoms with E-state index < -0.39 is 0 Å². The van der Waals surface area contributed by atoms with Crippen molar-refractivity contribution in [2.45, 2.75) is 44.7 Å². The van der Waals surface area contributed by atoms with E-state index in [1.807, 2.05) is 30.3 Å². The number of carbonyl (C=O) groups excluding carboxylic acids is 1. The van der Waals surface area contributed by atoms with Crippen LogP contribution in [0, 0.1) is 5.92 Å². The molecule has 1 unspecified atom stereocenters. The second-order valence-corrected chi connectivity index (χ2v) is 9.81. The highest BCUT2D eigenvalue weighted by molar-refractivity contribution is 7.99. The Morgan fingerprint density at radius 3 is 2.90 bits per heavy atom. The van der Waals surface area contributed by atoms with E-state index in [0.717, 1.165) is 22.5 Å². The first-order valence-corrected chi connectivity index (χ1v) is 12.0. The molecule has 0 saturated carbocycles. The highest BCUT2D eigenvalue weighted by Crippen LogP contribution is 2.35. The van der Waals surface area contributed by atoms with E-state index in [1.54, 1.807) is 10.6 Å². The Balaban J connectivity index is 1.63. The summed E-state index contributed by atoms with van der Waals surface area (Å²) in [6.45, 7) is 8.91. The number of amides is 1. The number of anilines is 1. The Morgan fingerprint density at radius 2 is 2.19 bits per heavy atom. The van der Waals surface area contributed by atoms with Gasteiger partial charge in [-0.05, 0) is 23.6 Å². The van der Waals surface area contributed by atoms with Gasteiger partial charge in [-0.1, -0.05) is 49.9 Å². The number of nitrogens with zero attached hydrogens (tertiary/aromatic N) is 2. The molecule has 2 aromatic heterocycles. The summed E-state index contributed by atoms with van der Waals surface area (Å²) in [5, 5.41) is 4.08. The largest absolute Gasteiger partial charge is 0.372 e. The van der Waals surface area contributed by atoms with Gasteiger partial charge in [-0.3, -0.25) is 14.2 Å². The van der Waals surface area contributed by atoms with Crippen molar-refractivity contribution < 1.29 is 9.53 Å². The lowest BCUT2D eigenvalue weighted by Crippen LogP contribution is -2.28. The van der Waals surface area contributed by atoms with Crippen LogP contribution >= 0.6 is 23.1 Å². The van der Waals surface area contributed by atoms with E-state index in [-0.39, 0.29) is 23.3 Å². The molecule has 4 rings (SSSR count). The van der Waals surface area contributed by atoms with Gasteiger partial charge in [0.15, 0.2) is 5.16 Å². The quantitative estimate of drug-likeness (QED) is 0.323. The van der Waals surface area contributed by atoms with Crippen molar-refractivity contribution in [1.29, 1.82) is 0 Å². The van der Waals surface area contributed by atoms with Gasteiger partial charge in [0.25, 0.3) is 5.56 Å². The van der Waals surface area contributed by atoms with Crippen molar-refractivity contribution in [3.8, 4) is 0 Å². The third-order valence-electron chi connectivity index (χ3n) is 5.24. The standard InChI is InChI=1S/C23H25N3O3S2/c1-4-10-26-22(28)20-16-11-17(14(2)3)29-12-18(16)31-21(20)25-23(26)30-13-19(27)24-15-8-6-5-7-9-15/h4-9,14,17H,1,10-13H2,2-3H3,(H,24,27). The number of aromatic nitrogens is 2. The molecule has 0 aliphatic carbocycles. The number of fused-ring (bicyclic) bond motifs is 3. The molecule has 0 fully saturated rings. The molecule has 0 saturated heterocycles. The summed E-state index contributed by atoms with van der Waals surface area (Å²) in [4.78, 5) is 32.4. The molecule has 162 valence electrons. The number of nitrogens with one attached hydrogen (secondary N) is 1. The predicted octanol–water partition coefficient (Wildman–Crippen LogP) is 4.47. The van der Waals surface area contributed by atoms with Crippen molar-refractivity contribution in [3.63, 3.8) is 0 Å². The number of hydrogen-bond acceptors (Lipinski definition) is 6. The van der Waals surface area contributed by atoms with Gasteiger partial charge >= 0.3 is 0 Å². The van der Waals surface area contributed by atoms with E-state index in [1.165, 1.54) is 23.1 Å². The van der Waals surface area contributed by atoms with Crippen LogP contribution in [-0.4, -0.2) is 27.3 Å². The zero-order valence-electron chi connectivity index (χ0n) is 17.6. The molecular formula is C23H25N3O3S2. The number of rotatable bonds is 7. The number of benzene rings is 1. The summed E-state index contributed by atoms with van der Waals surface area (Å²) in [7, 11) is 0. The molecular weight excluding hydrogens is 430 g/mol. The van der Waals surface area contributed by atoms with Crippen molar-refractivity contribution in [2.75, 3.05) is 11.1 Å². The molecule has 1 aromatic carbocycles. The molecule has 3 heterocycles. The summed E-state index contributed by atoms with van der Waals surface area (Å²) in [6, 6.07) is 9.30. The fourth-order valence-electron chi connectivity index (χ4n) is 3.62. The van der Waals surface area contributed by atoms with Gasteiger partial charge in [-0.2, -0.15) is 0 Å². The van der Waals surface area contributed by atoms with Crippen molar-refractivity contribution in [3.05, 3.63) is 63.8 Å². The lowest BCUT2D eigenvalue weighted by molar-refractivity contribution is -0.113. The Hall–Kier alpha value is -2.42. The SMILES string of the molecule is C=CCn1c(SCC(=O)Nc2ccccc2)nc2sc3c(c2c1=O)CC(C(C)C)OC3. The fourth-order valence-corrected chi connectivity index (χ4v) is 5.59. The molecule has 1 amide bonds. The van der Waals surface area contributed by atoms with Crippen LogP contribution in [-0.2, 0) is 29.1 Å². The highest BCUT2D eigenvalue weighted by atomic mass is 32.2. The summed E-state index contributed by atoms with van der Waals surface area (Å²) >= 11 is 2.78. The van der Waals surface area contributed by atoms with E-state index in [4.69, 9.17) is 9.72 Å². The van der Waals surface area contributed by atoms with Gasteiger partial charge in [0.05, 0.1) is 23.8 Å². The van der Waals surface area contributed by atoms with Gasteiger partial charge in [-0.25, -0.2) is 4.98 Å². The maximum absolute atomic E-state index is 13.4. The van der Waals surface area contributed by atoms with Crippen molar-refractivity contribution >= 4 is 44.9 Å². The minimum Gasteiger partial charge on any atom is -0.372 e. The number of carbonyl (C=O) groups is 1. The first-order valence-electron chi connectivity index (χ1n) is 10.2. The number of thiophene rings is 1. The number of para-hydroxylation sites is 1. The molecule has 1 aliphatic heterocycles. The van der Waals surface area contributed by atoms with Crippen LogP contribution < -0.4 is 10.9 Å². The van der Waals surface area contributed by atoms with Crippen LogP contribution in [0.1, 0.15) is 24.3 Å². The molecule has 0 bridgehead atoms. The minimum absolute atomic E-state index is 0.0715. The average Bonchev–Trinajstić information content (AvgIpc) is 3.13. The molecule has 0 spiro atoms. The van der Waals surface area contributed by atoms with Crippen LogP contribution in [0.2, 0.25) is 0 Å². The highest BCUT2D eigenvalue weighted by Gasteiger charge is 2.28. The van der Waals surface area contributed by atoms with Crippen molar-refractivity contribution in [1.82, 2.24) is 9.55 Å².